The third-order valence-electron chi connectivity index (χ3n) is 5.32. The molecule has 3 rings (SSSR count). The molecular weight excluding hydrogens is 314 g/mol. The zero-order valence-corrected chi connectivity index (χ0v) is 15.6. The van der Waals surface area contributed by atoms with E-state index in [-0.39, 0.29) is 11.9 Å². The molecule has 1 amide bonds. The van der Waals surface area contributed by atoms with Crippen LogP contribution < -0.4 is 4.74 Å². The smallest absolute Gasteiger partial charge is 0.223 e. The Morgan fingerprint density at radius 3 is 2.76 bits per heavy atom. The Hall–Kier alpha value is -2.30. The van der Waals surface area contributed by atoms with Gasteiger partial charge in [0.2, 0.25) is 5.91 Å². The molecule has 5 nitrogen and oxygen atoms in total. The number of ether oxygens (including phenoxy) is 1. The third-order valence-corrected chi connectivity index (χ3v) is 5.32. The zero-order chi connectivity index (χ0) is 18.0. The Morgan fingerprint density at radius 1 is 1.32 bits per heavy atom. The van der Waals surface area contributed by atoms with Crippen molar-refractivity contribution in [3.63, 3.8) is 0 Å². The van der Waals surface area contributed by atoms with Crippen molar-refractivity contribution in [2.45, 2.75) is 45.6 Å². The van der Waals surface area contributed by atoms with E-state index >= 15 is 0 Å². The Bertz CT molecular complexity index is 766. The number of nitrogens with zero attached hydrogens (tertiary/aromatic N) is 3. The molecule has 1 aliphatic heterocycles. The lowest BCUT2D eigenvalue weighted by molar-refractivity contribution is -0.132. The van der Waals surface area contributed by atoms with E-state index in [1.807, 2.05) is 41.8 Å². The van der Waals surface area contributed by atoms with E-state index in [9.17, 15) is 4.79 Å². The highest BCUT2D eigenvalue weighted by molar-refractivity contribution is 5.77. The lowest BCUT2D eigenvalue weighted by Gasteiger charge is -2.26. The van der Waals surface area contributed by atoms with Crippen LogP contribution in [-0.4, -0.2) is 34.2 Å². The van der Waals surface area contributed by atoms with E-state index in [0.717, 1.165) is 48.5 Å². The first kappa shape index (κ1) is 17.5. The van der Waals surface area contributed by atoms with E-state index in [0.29, 0.717) is 6.42 Å². The molecule has 1 aliphatic rings. The van der Waals surface area contributed by atoms with Gasteiger partial charge < -0.3 is 9.64 Å². The standard InChI is InChI=1S/C20H27N3O2/c1-14-16(15(2)22(3)21-14)11-12-20(24)23-13-7-9-18(23)17-8-5-6-10-19(17)25-4/h5-6,8,10,18H,7,9,11-13H2,1-4H3/t18-/m1/s1. The van der Waals surface area contributed by atoms with Crippen molar-refractivity contribution < 1.29 is 9.53 Å². The minimum absolute atomic E-state index is 0.125. The van der Waals surface area contributed by atoms with Gasteiger partial charge >= 0.3 is 0 Å². The summed E-state index contributed by atoms with van der Waals surface area (Å²) < 4.78 is 7.39. The zero-order valence-electron chi connectivity index (χ0n) is 15.6. The number of aryl methyl sites for hydroxylation is 2. The van der Waals surface area contributed by atoms with Crippen LogP contribution in [0.25, 0.3) is 0 Å². The summed E-state index contributed by atoms with van der Waals surface area (Å²) in [6.07, 6.45) is 3.31. The van der Waals surface area contributed by atoms with Crippen molar-refractivity contribution in [3.05, 3.63) is 46.8 Å². The predicted molar refractivity (Wildman–Crippen MR) is 97.7 cm³/mol. The third kappa shape index (κ3) is 3.41. The lowest BCUT2D eigenvalue weighted by atomic mass is 10.0. The van der Waals surface area contributed by atoms with Crippen LogP contribution in [0.4, 0.5) is 0 Å². The van der Waals surface area contributed by atoms with E-state index < -0.39 is 0 Å². The maximum atomic E-state index is 12.9. The topological polar surface area (TPSA) is 47.4 Å². The van der Waals surface area contributed by atoms with Gasteiger partial charge in [-0.1, -0.05) is 18.2 Å². The molecule has 134 valence electrons. The summed E-state index contributed by atoms with van der Waals surface area (Å²) in [5.41, 5.74) is 4.48. The quantitative estimate of drug-likeness (QED) is 0.838. The van der Waals surface area contributed by atoms with Crippen molar-refractivity contribution in [1.29, 1.82) is 0 Å². The highest BCUT2D eigenvalue weighted by Gasteiger charge is 2.31. The number of para-hydroxylation sites is 1. The van der Waals surface area contributed by atoms with E-state index in [1.54, 1.807) is 7.11 Å². The van der Waals surface area contributed by atoms with Crippen molar-refractivity contribution >= 4 is 5.91 Å². The van der Waals surface area contributed by atoms with Crippen LogP contribution >= 0.6 is 0 Å². The van der Waals surface area contributed by atoms with Gasteiger partial charge in [0.25, 0.3) is 0 Å². The Morgan fingerprint density at radius 2 is 2.08 bits per heavy atom. The van der Waals surface area contributed by atoms with E-state index in [2.05, 4.69) is 18.1 Å². The molecule has 1 aromatic carbocycles. The molecule has 0 aliphatic carbocycles. The molecule has 1 atom stereocenters. The van der Waals surface area contributed by atoms with E-state index in [4.69, 9.17) is 4.74 Å². The summed E-state index contributed by atoms with van der Waals surface area (Å²) in [7, 11) is 3.64. The van der Waals surface area contributed by atoms with Gasteiger partial charge in [-0.3, -0.25) is 9.48 Å². The number of hydrogen-bond acceptors (Lipinski definition) is 3. The Kier molecular flexibility index (Phi) is 5.11. The molecule has 25 heavy (non-hydrogen) atoms. The number of benzene rings is 1. The van der Waals surface area contributed by atoms with Gasteiger partial charge in [-0.15, -0.1) is 0 Å². The second-order valence-electron chi connectivity index (χ2n) is 6.76. The van der Waals surface area contributed by atoms with Gasteiger partial charge in [-0.25, -0.2) is 0 Å². The summed E-state index contributed by atoms with van der Waals surface area (Å²) in [6.45, 7) is 4.90. The summed E-state index contributed by atoms with van der Waals surface area (Å²) in [5, 5.41) is 4.45. The fourth-order valence-corrected chi connectivity index (χ4v) is 3.89. The van der Waals surface area contributed by atoms with Crippen LogP contribution in [-0.2, 0) is 18.3 Å². The first-order valence-electron chi connectivity index (χ1n) is 8.94. The Labute approximate surface area is 149 Å². The minimum atomic E-state index is 0.125. The average Bonchev–Trinajstić information content (AvgIpc) is 3.19. The molecule has 5 heteroatoms. The second-order valence-corrected chi connectivity index (χ2v) is 6.76. The molecule has 0 bridgehead atoms. The van der Waals surface area contributed by atoms with Crippen LogP contribution in [0, 0.1) is 13.8 Å². The van der Waals surface area contributed by atoms with Crippen LogP contribution in [0.1, 0.15) is 47.8 Å². The number of carbonyl (C=O) groups excluding carboxylic acids is 1. The van der Waals surface area contributed by atoms with Crippen LogP contribution in [0.3, 0.4) is 0 Å². The maximum Gasteiger partial charge on any atom is 0.223 e. The summed E-state index contributed by atoms with van der Waals surface area (Å²) in [4.78, 5) is 14.9. The number of hydrogen-bond donors (Lipinski definition) is 0. The number of likely N-dealkylation sites (tertiary alicyclic amines) is 1. The molecule has 2 aromatic rings. The molecule has 1 saturated heterocycles. The molecular formula is C20H27N3O2. The molecule has 2 heterocycles. The largest absolute Gasteiger partial charge is 0.496 e. The molecule has 0 N–H and O–H groups in total. The van der Waals surface area contributed by atoms with Gasteiger partial charge in [-0.2, -0.15) is 5.10 Å². The van der Waals surface area contributed by atoms with Crippen molar-refractivity contribution in [2.75, 3.05) is 13.7 Å². The van der Waals surface area contributed by atoms with E-state index in [1.165, 1.54) is 5.56 Å². The maximum absolute atomic E-state index is 12.9. The highest BCUT2D eigenvalue weighted by atomic mass is 16.5. The number of carbonyl (C=O) groups is 1. The first-order valence-corrected chi connectivity index (χ1v) is 8.94. The number of aromatic nitrogens is 2. The number of amides is 1. The van der Waals surface area contributed by atoms with Gasteiger partial charge in [0, 0.05) is 31.3 Å². The normalized spacial score (nSPS) is 17.1. The summed E-state index contributed by atoms with van der Waals surface area (Å²) >= 11 is 0. The van der Waals surface area contributed by atoms with Gasteiger partial charge in [-0.05, 0) is 44.7 Å². The van der Waals surface area contributed by atoms with Gasteiger partial charge in [0.1, 0.15) is 5.75 Å². The molecule has 0 saturated carbocycles. The first-order chi connectivity index (χ1) is 12.0. The highest BCUT2D eigenvalue weighted by Crippen LogP contribution is 2.37. The molecule has 0 unspecified atom stereocenters. The van der Waals surface area contributed by atoms with Crippen LogP contribution in [0.15, 0.2) is 24.3 Å². The van der Waals surface area contributed by atoms with Crippen LogP contribution in [0.5, 0.6) is 5.75 Å². The van der Waals surface area contributed by atoms with Crippen molar-refractivity contribution in [2.24, 2.45) is 7.05 Å². The summed E-state index contributed by atoms with van der Waals surface area (Å²) in [5.74, 6) is 1.09. The molecule has 1 fully saturated rings. The fourth-order valence-electron chi connectivity index (χ4n) is 3.89. The van der Waals surface area contributed by atoms with Crippen molar-refractivity contribution in [3.8, 4) is 5.75 Å². The molecule has 0 spiro atoms. The van der Waals surface area contributed by atoms with Crippen LogP contribution in [0.2, 0.25) is 0 Å². The fraction of sp³-hybridized carbons (Fsp3) is 0.500. The minimum Gasteiger partial charge on any atom is -0.496 e. The van der Waals surface area contributed by atoms with Gasteiger partial charge in [0.15, 0.2) is 0 Å². The summed E-state index contributed by atoms with van der Waals surface area (Å²) in [6, 6.07) is 8.15. The predicted octanol–water partition coefficient (Wildman–Crippen LogP) is 3.34. The SMILES string of the molecule is COc1ccccc1[C@H]1CCCN1C(=O)CCc1c(C)nn(C)c1C. The molecule has 0 radical (unpaired) electrons. The Balaban J connectivity index is 1.73. The van der Waals surface area contributed by atoms with Gasteiger partial charge in [0.05, 0.1) is 18.8 Å². The molecule has 1 aromatic heterocycles. The monoisotopic (exact) mass is 341 g/mol. The average molecular weight is 341 g/mol. The second kappa shape index (κ2) is 7.30. The van der Waals surface area contributed by atoms with Crippen molar-refractivity contribution in [1.82, 2.24) is 14.7 Å². The number of methoxy groups -OCH3 is 1. The lowest BCUT2D eigenvalue weighted by Crippen LogP contribution is -2.31. The number of rotatable bonds is 5.